The average molecular weight is 421 g/mol. The van der Waals surface area contributed by atoms with Crippen LogP contribution in [0.25, 0.3) is 0 Å². The van der Waals surface area contributed by atoms with E-state index in [0.29, 0.717) is 23.3 Å². The van der Waals surface area contributed by atoms with Gasteiger partial charge in [0, 0.05) is 38.3 Å². The molecule has 2 aliphatic rings. The predicted molar refractivity (Wildman–Crippen MR) is 113 cm³/mol. The number of nitrogens with one attached hydrogen (secondary N) is 1. The first-order chi connectivity index (χ1) is 15.1. The van der Waals surface area contributed by atoms with E-state index in [1.54, 1.807) is 43.5 Å². The number of halogens is 1. The van der Waals surface area contributed by atoms with E-state index in [-0.39, 0.29) is 11.7 Å². The summed E-state index contributed by atoms with van der Waals surface area (Å²) < 4.78 is 20.6. The molecule has 0 bridgehead atoms. The summed E-state index contributed by atoms with van der Waals surface area (Å²) in [5.74, 6) is 2.35. The summed E-state index contributed by atoms with van der Waals surface area (Å²) in [6.45, 7) is 3.31. The second-order valence-corrected chi connectivity index (χ2v) is 8.28. The first-order valence-corrected chi connectivity index (χ1v) is 10.4. The van der Waals surface area contributed by atoms with Gasteiger partial charge in [0.25, 0.3) is 5.91 Å². The number of anilines is 1. The number of carbonyl (C=O) groups excluding carboxylic acids is 1. The van der Waals surface area contributed by atoms with E-state index in [2.05, 4.69) is 20.4 Å². The molecule has 0 saturated carbocycles. The van der Waals surface area contributed by atoms with E-state index in [1.807, 2.05) is 10.6 Å². The minimum atomic E-state index is -0.267. The van der Waals surface area contributed by atoms with Gasteiger partial charge in [-0.1, -0.05) is 12.1 Å². The molecular weight excluding hydrogens is 397 g/mol. The molecule has 2 aromatic carbocycles. The van der Waals surface area contributed by atoms with Crippen LogP contribution in [0.4, 0.5) is 10.1 Å². The Morgan fingerprint density at radius 3 is 2.71 bits per heavy atom. The summed E-state index contributed by atoms with van der Waals surface area (Å²) in [7, 11) is 1.60. The lowest BCUT2D eigenvalue weighted by atomic mass is 9.89. The minimum Gasteiger partial charge on any atom is -0.497 e. The number of fused-ring (bicyclic) bond motifs is 2. The first-order valence-electron chi connectivity index (χ1n) is 10.4. The molecule has 1 N–H and O–H groups in total. The number of hydrogen-bond acceptors (Lipinski definition) is 5. The zero-order valence-corrected chi connectivity index (χ0v) is 17.3. The highest BCUT2D eigenvalue weighted by Gasteiger charge is 2.39. The third kappa shape index (κ3) is 4.03. The van der Waals surface area contributed by atoms with Crippen molar-refractivity contribution >= 4 is 11.6 Å². The minimum absolute atomic E-state index is 0.201. The van der Waals surface area contributed by atoms with Crippen LogP contribution in [0.2, 0.25) is 0 Å². The zero-order chi connectivity index (χ0) is 21.4. The van der Waals surface area contributed by atoms with Crippen molar-refractivity contribution in [3.05, 3.63) is 71.6 Å². The predicted octanol–water partition coefficient (Wildman–Crippen LogP) is 2.98. The molecule has 3 heterocycles. The molecule has 3 aromatic rings. The van der Waals surface area contributed by atoms with Gasteiger partial charge in [-0.3, -0.25) is 9.69 Å². The van der Waals surface area contributed by atoms with Gasteiger partial charge < -0.3 is 14.6 Å². The van der Waals surface area contributed by atoms with Crippen LogP contribution < -0.4 is 10.1 Å². The number of likely N-dealkylation sites (tertiary alicyclic amines) is 1. The van der Waals surface area contributed by atoms with Gasteiger partial charge in [-0.15, -0.1) is 10.2 Å². The van der Waals surface area contributed by atoms with E-state index in [9.17, 15) is 9.18 Å². The molecule has 7 nitrogen and oxygen atoms in total. The molecule has 8 heteroatoms. The Labute approximate surface area is 179 Å². The van der Waals surface area contributed by atoms with Crippen LogP contribution >= 0.6 is 0 Å². The number of methoxy groups -OCH3 is 1. The Hall–Kier alpha value is -3.26. The standard InChI is InChI=1S/C23H24FN5O2/c1-31-20-7-5-19(6-8-20)25-23(30)22-27-26-21-10-16-12-28(13-17(16)14-29(21)22)11-15-3-2-4-18(24)9-15/h2-9,16-17H,10-14H2,1H3,(H,25,30)/t16-,17-/m1/s1. The molecule has 160 valence electrons. The van der Waals surface area contributed by atoms with Crippen molar-refractivity contribution in [1.29, 1.82) is 0 Å². The maximum Gasteiger partial charge on any atom is 0.293 e. The van der Waals surface area contributed by atoms with Crippen LogP contribution in [0.1, 0.15) is 22.0 Å². The maximum atomic E-state index is 13.5. The fourth-order valence-corrected chi connectivity index (χ4v) is 4.67. The highest BCUT2D eigenvalue weighted by atomic mass is 19.1. The molecular formula is C23H24FN5O2. The van der Waals surface area contributed by atoms with Crippen LogP contribution in [0.5, 0.6) is 5.75 Å². The molecule has 2 aliphatic heterocycles. The SMILES string of the molecule is COc1ccc(NC(=O)c2nnc3n2C[C@H]2CN(Cc4cccc(F)c4)C[C@H]2C3)cc1. The van der Waals surface area contributed by atoms with Crippen LogP contribution in [0.3, 0.4) is 0 Å². The van der Waals surface area contributed by atoms with Gasteiger partial charge >= 0.3 is 0 Å². The Bertz CT molecular complexity index is 1100. The van der Waals surface area contributed by atoms with Gasteiger partial charge in [0.1, 0.15) is 17.4 Å². The molecule has 0 aliphatic carbocycles. The highest BCUT2D eigenvalue weighted by molar-refractivity contribution is 6.01. The van der Waals surface area contributed by atoms with Gasteiger partial charge in [0.2, 0.25) is 5.82 Å². The number of nitrogens with zero attached hydrogens (tertiary/aromatic N) is 4. The Morgan fingerprint density at radius 2 is 1.94 bits per heavy atom. The largest absolute Gasteiger partial charge is 0.497 e. The van der Waals surface area contributed by atoms with Crippen molar-refractivity contribution in [2.45, 2.75) is 19.5 Å². The van der Waals surface area contributed by atoms with Crippen molar-refractivity contribution in [3.8, 4) is 5.75 Å². The summed E-state index contributed by atoms with van der Waals surface area (Å²) in [6, 6.07) is 14.0. The topological polar surface area (TPSA) is 72.3 Å². The molecule has 5 rings (SSSR count). The van der Waals surface area contributed by atoms with Gasteiger partial charge in [0.05, 0.1) is 7.11 Å². The first kappa shape index (κ1) is 19.7. The highest BCUT2D eigenvalue weighted by Crippen LogP contribution is 2.33. The molecule has 1 aromatic heterocycles. The van der Waals surface area contributed by atoms with Crippen molar-refractivity contribution < 1.29 is 13.9 Å². The summed E-state index contributed by atoms with van der Waals surface area (Å²) in [5.41, 5.74) is 1.66. The van der Waals surface area contributed by atoms with Crippen molar-refractivity contribution in [1.82, 2.24) is 19.7 Å². The lowest BCUT2D eigenvalue weighted by Crippen LogP contribution is -2.31. The lowest BCUT2D eigenvalue weighted by molar-refractivity contribution is 0.100. The number of aromatic nitrogens is 3. The molecule has 0 spiro atoms. The molecule has 0 radical (unpaired) electrons. The number of ether oxygens (including phenoxy) is 1. The lowest BCUT2D eigenvalue weighted by Gasteiger charge is -2.25. The second kappa shape index (κ2) is 8.11. The van der Waals surface area contributed by atoms with Crippen LogP contribution in [-0.4, -0.2) is 45.8 Å². The number of rotatable bonds is 5. The van der Waals surface area contributed by atoms with E-state index in [0.717, 1.165) is 49.7 Å². The smallest absolute Gasteiger partial charge is 0.293 e. The normalized spacial score (nSPS) is 20.2. The monoisotopic (exact) mass is 421 g/mol. The Morgan fingerprint density at radius 1 is 1.13 bits per heavy atom. The third-order valence-electron chi connectivity index (χ3n) is 6.19. The summed E-state index contributed by atoms with van der Waals surface area (Å²) >= 11 is 0. The third-order valence-corrected chi connectivity index (χ3v) is 6.19. The van der Waals surface area contributed by atoms with Gasteiger partial charge in [-0.2, -0.15) is 0 Å². The second-order valence-electron chi connectivity index (χ2n) is 8.28. The molecule has 0 unspecified atom stereocenters. The maximum absolute atomic E-state index is 13.5. The number of benzene rings is 2. The number of carbonyl (C=O) groups is 1. The zero-order valence-electron chi connectivity index (χ0n) is 17.3. The molecule has 1 amide bonds. The molecule has 2 atom stereocenters. The Kier molecular flexibility index (Phi) is 5.15. The average Bonchev–Trinajstić information content (AvgIpc) is 3.35. The Balaban J connectivity index is 1.26. The van der Waals surface area contributed by atoms with Gasteiger partial charge in [-0.25, -0.2) is 4.39 Å². The van der Waals surface area contributed by atoms with Gasteiger partial charge in [0.15, 0.2) is 0 Å². The fraction of sp³-hybridized carbons (Fsp3) is 0.348. The van der Waals surface area contributed by atoms with Gasteiger partial charge in [-0.05, 0) is 53.8 Å². The van der Waals surface area contributed by atoms with Crippen LogP contribution in [0, 0.1) is 17.7 Å². The van der Waals surface area contributed by atoms with Crippen LogP contribution in [0.15, 0.2) is 48.5 Å². The number of hydrogen-bond donors (Lipinski definition) is 1. The van der Waals surface area contributed by atoms with E-state index >= 15 is 0 Å². The van der Waals surface area contributed by atoms with Crippen LogP contribution in [-0.2, 0) is 19.5 Å². The summed E-state index contributed by atoms with van der Waals surface area (Å²) in [4.78, 5) is 15.2. The van der Waals surface area contributed by atoms with Crippen molar-refractivity contribution in [2.75, 3.05) is 25.5 Å². The number of amides is 1. The van der Waals surface area contributed by atoms with Crippen molar-refractivity contribution in [3.63, 3.8) is 0 Å². The van der Waals surface area contributed by atoms with E-state index in [1.165, 1.54) is 6.07 Å². The molecule has 31 heavy (non-hydrogen) atoms. The summed E-state index contributed by atoms with van der Waals surface area (Å²) in [5, 5.41) is 11.4. The molecule has 1 fully saturated rings. The fourth-order valence-electron chi connectivity index (χ4n) is 4.67. The van der Waals surface area contributed by atoms with Crippen molar-refractivity contribution in [2.24, 2.45) is 11.8 Å². The van der Waals surface area contributed by atoms with E-state index in [4.69, 9.17) is 4.74 Å². The van der Waals surface area contributed by atoms with E-state index < -0.39 is 0 Å². The quantitative estimate of drug-likeness (QED) is 0.686. The molecule has 1 saturated heterocycles. The summed E-state index contributed by atoms with van der Waals surface area (Å²) in [6.07, 6.45) is 0.799.